The summed E-state index contributed by atoms with van der Waals surface area (Å²) < 4.78 is 0. The Bertz CT molecular complexity index is 661. The van der Waals surface area contributed by atoms with Gasteiger partial charge in [0.05, 0.1) is 0 Å². The molecule has 0 spiro atoms. The monoisotopic (exact) mass is 258 g/mol. The molecule has 0 radical (unpaired) electrons. The highest BCUT2D eigenvalue weighted by Gasteiger charge is 1.99. The van der Waals surface area contributed by atoms with Gasteiger partial charge >= 0.3 is 0 Å². The van der Waals surface area contributed by atoms with E-state index in [1.165, 1.54) is 27.8 Å². The van der Waals surface area contributed by atoms with Crippen LogP contribution in [0.1, 0.15) is 16.7 Å². The first-order chi connectivity index (χ1) is 9.81. The van der Waals surface area contributed by atoms with Crippen molar-refractivity contribution in [3.8, 4) is 11.1 Å². The lowest BCUT2D eigenvalue weighted by Gasteiger charge is -2.05. The van der Waals surface area contributed by atoms with Crippen LogP contribution in [0.15, 0.2) is 78.9 Å². The normalized spacial score (nSPS) is 10.4. The SMILES string of the molecule is Cc1ccc(Cc2ccc(-c3ccccc3)cc2)cc1. The second kappa shape index (κ2) is 5.75. The van der Waals surface area contributed by atoms with Crippen LogP contribution in [-0.2, 0) is 6.42 Å². The summed E-state index contributed by atoms with van der Waals surface area (Å²) in [6.45, 7) is 2.12. The van der Waals surface area contributed by atoms with Gasteiger partial charge in [0.2, 0.25) is 0 Å². The highest BCUT2D eigenvalue weighted by molar-refractivity contribution is 5.63. The second-order valence-electron chi connectivity index (χ2n) is 5.23. The van der Waals surface area contributed by atoms with E-state index < -0.39 is 0 Å². The van der Waals surface area contributed by atoms with E-state index in [1.54, 1.807) is 0 Å². The van der Waals surface area contributed by atoms with Gasteiger partial charge in [-0.1, -0.05) is 84.4 Å². The Morgan fingerprint density at radius 2 is 1.05 bits per heavy atom. The summed E-state index contributed by atoms with van der Waals surface area (Å²) >= 11 is 0. The van der Waals surface area contributed by atoms with Crippen molar-refractivity contribution in [1.29, 1.82) is 0 Å². The molecule has 0 N–H and O–H groups in total. The third-order valence-corrected chi connectivity index (χ3v) is 3.59. The maximum atomic E-state index is 2.22. The highest BCUT2D eigenvalue weighted by atomic mass is 14.0. The van der Waals surface area contributed by atoms with Crippen LogP contribution in [-0.4, -0.2) is 0 Å². The van der Waals surface area contributed by atoms with Crippen LogP contribution in [0.5, 0.6) is 0 Å². The Kier molecular flexibility index (Phi) is 3.64. The van der Waals surface area contributed by atoms with Crippen molar-refractivity contribution in [3.05, 3.63) is 95.6 Å². The van der Waals surface area contributed by atoms with Gasteiger partial charge in [-0.15, -0.1) is 0 Å². The van der Waals surface area contributed by atoms with E-state index in [1.807, 2.05) is 0 Å². The van der Waals surface area contributed by atoms with E-state index in [-0.39, 0.29) is 0 Å². The van der Waals surface area contributed by atoms with Gasteiger partial charge in [-0.3, -0.25) is 0 Å². The van der Waals surface area contributed by atoms with E-state index in [0.717, 1.165) is 6.42 Å². The van der Waals surface area contributed by atoms with Gasteiger partial charge in [-0.25, -0.2) is 0 Å². The third kappa shape index (κ3) is 2.97. The molecule has 0 heterocycles. The molecule has 0 saturated carbocycles. The predicted molar refractivity (Wildman–Crippen MR) is 85.9 cm³/mol. The Balaban J connectivity index is 1.78. The Labute approximate surface area is 120 Å². The van der Waals surface area contributed by atoms with Crippen molar-refractivity contribution in [2.75, 3.05) is 0 Å². The Morgan fingerprint density at radius 1 is 0.550 bits per heavy atom. The van der Waals surface area contributed by atoms with Crippen LogP contribution in [0, 0.1) is 6.92 Å². The molecular formula is C20H18. The average molecular weight is 258 g/mol. The van der Waals surface area contributed by atoms with Gasteiger partial charge in [-0.05, 0) is 35.6 Å². The molecule has 0 atom stereocenters. The molecule has 3 rings (SSSR count). The quantitative estimate of drug-likeness (QED) is 0.601. The largest absolute Gasteiger partial charge is 0.0622 e. The average Bonchev–Trinajstić information content (AvgIpc) is 2.51. The minimum atomic E-state index is 0.995. The number of rotatable bonds is 3. The van der Waals surface area contributed by atoms with Gasteiger partial charge in [0.1, 0.15) is 0 Å². The molecule has 0 aliphatic rings. The highest BCUT2D eigenvalue weighted by Crippen LogP contribution is 2.20. The van der Waals surface area contributed by atoms with Gasteiger partial charge in [0, 0.05) is 0 Å². The molecule has 3 aromatic carbocycles. The summed E-state index contributed by atoms with van der Waals surface area (Å²) in [5.41, 5.74) is 6.58. The number of benzene rings is 3. The van der Waals surface area contributed by atoms with Crippen LogP contribution in [0.25, 0.3) is 11.1 Å². The maximum absolute atomic E-state index is 2.22. The molecule has 0 amide bonds. The lowest BCUT2D eigenvalue weighted by atomic mass is 10.00. The summed E-state index contributed by atoms with van der Waals surface area (Å²) in [5, 5.41) is 0. The van der Waals surface area contributed by atoms with Crippen LogP contribution >= 0.6 is 0 Å². The lowest BCUT2D eigenvalue weighted by Crippen LogP contribution is -1.88. The lowest BCUT2D eigenvalue weighted by molar-refractivity contribution is 1.19. The molecule has 0 saturated heterocycles. The van der Waals surface area contributed by atoms with Crippen molar-refractivity contribution >= 4 is 0 Å². The standard InChI is InChI=1S/C20H18/c1-16-7-9-17(10-8-16)15-18-11-13-20(14-12-18)19-5-3-2-4-6-19/h2-14H,15H2,1H3. The molecule has 0 unspecified atom stereocenters. The first-order valence-electron chi connectivity index (χ1n) is 7.01. The molecule has 0 aromatic heterocycles. The summed E-state index contributed by atoms with van der Waals surface area (Å²) in [7, 11) is 0. The summed E-state index contributed by atoms with van der Waals surface area (Å²) in [5.74, 6) is 0. The van der Waals surface area contributed by atoms with Crippen LogP contribution < -0.4 is 0 Å². The van der Waals surface area contributed by atoms with E-state index in [2.05, 4.69) is 85.8 Å². The summed E-state index contributed by atoms with van der Waals surface area (Å²) in [4.78, 5) is 0. The van der Waals surface area contributed by atoms with Gasteiger partial charge in [0.15, 0.2) is 0 Å². The molecular weight excluding hydrogens is 240 g/mol. The molecule has 98 valence electrons. The van der Waals surface area contributed by atoms with Crippen LogP contribution in [0.2, 0.25) is 0 Å². The van der Waals surface area contributed by atoms with Crippen molar-refractivity contribution in [2.24, 2.45) is 0 Å². The van der Waals surface area contributed by atoms with Crippen molar-refractivity contribution in [3.63, 3.8) is 0 Å². The predicted octanol–water partition coefficient (Wildman–Crippen LogP) is 5.25. The topological polar surface area (TPSA) is 0 Å². The van der Waals surface area contributed by atoms with Gasteiger partial charge < -0.3 is 0 Å². The molecule has 0 aliphatic heterocycles. The molecule has 0 nitrogen and oxygen atoms in total. The van der Waals surface area contributed by atoms with E-state index in [4.69, 9.17) is 0 Å². The summed E-state index contributed by atoms with van der Waals surface area (Å²) in [6, 6.07) is 28.1. The maximum Gasteiger partial charge on any atom is -0.00258 e. The van der Waals surface area contributed by atoms with Crippen LogP contribution in [0.3, 0.4) is 0 Å². The van der Waals surface area contributed by atoms with Crippen molar-refractivity contribution < 1.29 is 0 Å². The smallest absolute Gasteiger partial charge is 0.00258 e. The minimum Gasteiger partial charge on any atom is -0.0622 e. The van der Waals surface area contributed by atoms with Crippen molar-refractivity contribution in [1.82, 2.24) is 0 Å². The second-order valence-corrected chi connectivity index (χ2v) is 5.23. The fourth-order valence-electron chi connectivity index (χ4n) is 2.39. The zero-order valence-electron chi connectivity index (χ0n) is 11.7. The fourth-order valence-corrected chi connectivity index (χ4v) is 2.39. The van der Waals surface area contributed by atoms with E-state index in [9.17, 15) is 0 Å². The van der Waals surface area contributed by atoms with E-state index in [0.29, 0.717) is 0 Å². The third-order valence-electron chi connectivity index (χ3n) is 3.59. The number of hydrogen-bond donors (Lipinski definition) is 0. The molecule has 20 heavy (non-hydrogen) atoms. The minimum absolute atomic E-state index is 0.995. The molecule has 3 aromatic rings. The summed E-state index contributed by atoms with van der Waals surface area (Å²) in [6.07, 6.45) is 0.995. The molecule has 0 heteroatoms. The zero-order valence-corrected chi connectivity index (χ0v) is 11.7. The Hall–Kier alpha value is -2.34. The van der Waals surface area contributed by atoms with E-state index >= 15 is 0 Å². The Morgan fingerprint density at radius 3 is 1.65 bits per heavy atom. The first kappa shape index (κ1) is 12.7. The molecule has 0 aliphatic carbocycles. The molecule has 0 fully saturated rings. The fraction of sp³-hybridized carbons (Fsp3) is 0.100. The molecule has 0 bridgehead atoms. The van der Waals surface area contributed by atoms with Crippen LogP contribution in [0.4, 0.5) is 0 Å². The zero-order chi connectivity index (χ0) is 13.8. The first-order valence-corrected chi connectivity index (χ1v) is 7.01. The number of hydrogen-bond acceptors (Lipinski definition) is 0. The van der Waals surface area contributed by atoms with Gasteiger partial charge in [-0.2, -0.15) is 0 Å². The van der Waals surface area contributed by atoms with Gasteiger partial charge in [0.25, 0.3) is 0 Å². The number of aryl methyl sites for hydroxylation is 1. The van der Waals surface area contributed by atoms with Crippen molar-refractivity contribution in [2.45, 2.75) is 13.3 Å².